The predicted molar refractivity (Wildman–Crippen MR) is 145 cm³/mol. The Hall–Kier alpha value is -4.34. The third-order valence-corrected chi connectivity index (χ3v) is 6.58. The van der Waals surface area contributed by atoms with E-state index < -0.39 is 0 Å². The lowest BCUT2D eigenvalue weighted by molar-refractivity contribution is 0.351. The number of benzene rings is 2. The van der Waals surface area contributed by atoms with Crippen LogP contribution in [0.4, 0.5) is 17.5 Å². The zero-order valence-corrected chi connectivity index (χ0v) is 21.5. The Morgan fingerprint density at radius 3 is 2.46 bits per heavy atom. The molecule has 0 bridgehead atoms. The molecule has 192 valence electrons. The lowest BCUT2D eigenvalue weighted by atomic mass is 9.99. The van der Waals surface area contributed by atoms with E-state index in [1.165, 1.54) is 0 Å². The van der Waals surface area contributed by atoms with Gasteiger partial charge in [0.05, 0.1) is 27.0 Å². The molecule has 37 heavy (non-hydrogen) atoms. The highest BCUT2D eigenvalue weighted by atomic mass is 16.5. The molecule has 0 amide bonds. The summed E-state index contributed by atoms with van der Waals surface area (Å²) in [6.45, 7) is 1.69. The molecule has 10 nitrogen and oxygen atoms in total. The summed E-state index contributed by atoms with van der Waals surface area (Å²) in [5.41, 5.74) is 2.94. The fraction of sp³-hybridized carbons (Fsp3) is 0.333. The van der Waals surface area contributed by atoms with Crippen LogP contribution in [0, 0.1) is 0 Å². The van der Waals surface area contributed by atoms with E-state index >= 15 is 0 Å². The highest BCUT2D eigenvalue weighted by Crippen LogP contribution is 2.34. The normalized spacial score (nSPS) is 13.9. The summed E-state index contributed by atoms with van der Waals surface area (Å²) in [5.74, 6) is 2.71. The maximum absolute atomic E-state index is 5.52. The minimum Gasteiger partial charge on any atom is -0.497 e. The van der Waals surface area contributed by atoms with Crippen molar-refractivity contribution in [2.45, 2.75) is 18.9 Å². The molecule has 1 aliphatic rings. The van der Waals surface area contributed by atoms with Crippen molar-refractivity contribution in [1.82, 2.24) is 19.9 Å². The summed E-state index contributed by atoms with van der Waals surface area (Å²) >= 11 is 0. The number of piperidine rings is 1. The van der Waals surface area contributed by atoms with Crippen LogP contribution in [0.3, 0.4) is 0 Å². The van der Waals surface area contributed by atoms with Crippen LogP contribution in [-0.2, 0) is 0 Å². The fourth-order valence-electron chi connectivity index (χ4n) is 4.59. The number of methoxy groups -OCH3 is 3. The Morgan fingerprint density at radius 2 is 1.73 bits per heavy atom. The van der Waals surface area contributed by atoms with Gasteiger partial charge in [-0.25, -0.2) is 9.97 Å². The number of hydrogen-bond acceptors (Lipinski definition) is 10. The molecule has 0 atom stereocenters. The molecule has 1 aliphatic heterocycles. The van der Waals surface area contributed by atoms with E-state index in [4.69, 9.17) is 14.2 Å². The monoisotopic (exact) mass is 501 g/mol. The van der Waals surface area contributed by atoms with Crippen LogP contribution in [0.15, 0.2) is 48.7 Å². The van der Waals surface area contributed by atoms with Crippen molar-refractivity contribution >= 4 is 28.2 Å². The average molecular weight is 502 g/mol. The SMILES string of the molecule is CNc1nccc(-c2cc(NC3CCN(c4cc(OC)nc(OC)n4)CC3)c3cc(OC)ccc3c2)n1. The molecule has 0 aliphatic carbocycles. The highest BCUT2D eigenvalue weighted by molar-refractivity contribution is 5.98. The molecule has 2 aromatic heterocycles. The fourth-order valence-corrected chi connectivity index (χ4v) is 4.59. The van der Waals surface area contributed by atoms with E-state index in [0.717, 1.165) is 65.2 Å². The summed E-state index contributed by atoms with van der Waals surface area (Å²) in [7, 11) is 6.66. The van der Waals surface area contributed by atoms with E-state index in [2.05, 4.69) is 59.7 Å². The third-order valence-electron chi connectivity index (χ3n) is 6.58. The molecule has 1 fully saturated rings. The maximum Gasteiger partial charge on any atom is 0.321 e. The molecule has 1 saturated heterocycles. The molecule has 5 rings (SSSR count). The molecule has 0 spiro atoms. The van der Waals surface area contributed by atoms with Gasteiger partial charge in [-0.2, -0.15) is 9.97 Å². The third kappa shape index (κ3) is 5.28. The van der Waals surface area contributed by atoms with Gasteiger partial charge in [0.25, 0.3) is 0 Å². The first-order valence-corrected chi connectivity index (χ1v) is 12.2. The van der Waals surface area contributed by atoms with Crippen molar-refractivity contribution in [3.8, 4) is 28.9 Å². The van der Waals surface area contributed by atoms with E-state index in [1.54, 1.807) is 27.5 Å². The van der Waals surface area contributed by atoms with Gasteiger partial charge in [-0.1, -0.05) is 6.07 Å². The van der Waals surface area contributed by atoms with Gasteiger partial charge in [-0.05, 0) is 48.6 Å². The van der Waals surface area contributed by atoms with Crippen molar-refractivity contribution in [3.63, 3.8) is 0 Å². The first-order valence-electron chi connectivity index (χ1n) is 12.2. The molecular weight excluding hydrogens is 470 g/mol. The van der Waals surface area contributed by atoms with Crippen LogP contribution >= 0.6 is 0 Å². The summed E-state index contributed by atoms with van der Waals surface area (Å²) in [4.78, 5) is 19.9. The quantitative estimate of drug-likeness (QED) is 0.364. The van der Waals surface area contributed by atoms with Crippen LogP contribution in [-0.4, -0.2) is 67.4 Å². The summed E-state index contributed by atoms with van der Waals surface area (Å²) < 4.78 is 16.1. The van der Waals surface area contributed by atoms with Crippen molar-refractivity contribution in [3.05, 3.63) is 48.7 Å². The van der Waals surface area contributed by atoms with E-state index in [0.29, 0.717) is 23.9 Å². The van der Waals surface area contributed by atoms with E-state index in [9.17, 15) is 0 Å². The van der Waals surface area contributed by atoms with Crippen molar-refractivity contribution in [2.24, 2.45) is 0 Å². The Kier molecular flexibility index (Phi) is 7.07. The van der Waals surface area contributed by atoms with Crippen molar-refractivity contribution in [1.29, 1.82) is 0 Å². The molecule has 3 heterocycles. The molecular formula is C27H31N7O3. The van der Waals surface area contributed by atoms with Gasteiger partial charge in [-0.15, -0.1) is 0 Å². The van der Waals surface area contributed by atoms with Gasteiger partial charge >= 0.3 is 6.01 Å². The predicted octanol–water partition coefficient (Wildman–Crippen LogP) is 4.24. The first-order chi connectivity index (χ1) is 18.1. The molecule has 4 aromatic rings. The van der Waals surface area contributed by atoms with Gasteiger partial charge in [0.2, 0.25) is 11.8 Å². The van der Waals surface area contributed by atoms with Crippen molar-refractivity contribution in [2.75, 3.05) is 57.0 Å². The van der Waals surface area contributed by atoms with Crippen LogP contribution in [0.5, 0.6) is 17.6 Å². The number of fused-ring (bicyclic) bond motifs is 1. The second-order valence-corrected chi connectivity index (χ2v) is 8.79. The van der Waals surface area contributed by atoms with E-state index in [-0.39, 0.29) is 0 Å². The van der Waals surface area contributed by atoms with Gasteiger partial charge in [-0.3, -0.25) is 0 Å². The molecule has 10 heteroatoms. The second kappa shape index (κ2) is 10.7. The molecule has 2 N–H and O–H groups in total. The van der Waals surface area contributed by atoms with Crippen LogP contribution in [0.1, 0.15) is 12.8 Å². The largest absolute Gasteiger partial charge is 0.497 e. The lowest BCUT2D eigenvalue weighted by Gasteiger charge is -2.34. The standard InChI is InChI=1S/C27H31N7O3/c1-28-26-29-10-7-22(31-26)18-13-17-5-6-20(35-2)15-21(17)23(14-18)30-19-8-11-34(12-9-19)24-16-25(36-3)33-27(32-24)37-4/h5-7,10,13-16,19,30H,8-9,11-12H2,1-4H3,(H,28,29,31). The van der Waals surface area contributed by atoms with Crippen LogP contribution in [0.25, 0.3) is 22.0 Å². The number of anilines is 3. The molecule has 0 unspecified atom stereocenters. The summed E-state index contributed by atoms with van der Waals surface area (Å²) in [6.07, 6.45) is 3.66. The number of nitrogens with zero attached hydrogens (tertiary/aromatic N) is 5. The molecule has 0 saturated carbocycles. The minimum atomic E-state index is 0.296. The number of hydrogen-bond donors (Lipinski definition) is 2. The van der Waals surface area contributed by atoms with Gasteiger partial charge in [0.15, 0.2) is 0 Å². The Labute approximate surface area is 216 Å². The molecule has 0 radical (unpaired) electrons. The Balaban J connectivity index is 1.40. The average Bonchev–Trinajstić information content (AvgIpc) is 2.96. The minimum absolute atomic E-state index is 0.296. The van der Waals surface area contributed by atoms with Crippen LogP contribution in [0.2, 0.25) is 0 Å². The topological polar surface area (TPSA) is 107 Å². The maximum atomic E-state index is 5.52. The van der Waals surface area contributed by atoms with Crippen LogP contribution < -0.4 is 29.7 Å². The number of rotatable bonds is 8. The number of aromatic nitrogens is 4. The zero-order valence-electron chi connectivity index (χ0n) is 21.5. The number of nitrogens with one attached hydrogen (secondary N) is 2. The summed E-state index contributed by atoms with van der Waals surface area (Å²) in [5, 5.41) is 9.05. The second-order valence-electron chi connectivity index (χ2n) is 8.79. The van der Waals surface area contributed by atoms with Gasteiger partial charge in [0, 0.05) is 55.1 Å². The molecule has 2 aromatic carbocycles. The zero-order chi connectivity index (χ0) is 25.8. The van der Waals surface area contributed by atoms with Gasteiger partial charge < -0.3 is 29.7 Å². The lowest BCUT2D eigenvalue weighted by Crippen LogP contribution is -2.39. The Morgan fingerprint density at radius 1 is 0.892 bits per heavy atom. The summed E-state index contributed by atoms with van der Waals surface area (Å²) in [6, 6.07) is 14.8. The Bertz CT molecular complexity index is 1370. The first kappa shape index (κ1) is 24.4. The van der Waals surface area contributed by atoms with Crippen molar-refractivity contribution < 1.29 is 14.2 Å². The number of ether oxygens (including phenoxy) is 3. The van der Waals surface area contributed by atoms with E-state index in [1.807, 2.05) is 25.2 Å². The smallest absolute Gasteiger partial charge is 0.321 e. The van der Waals surface area contributed by atoms with Gasteiger partial charge in [0.1, 0.15) is 11.6 Å². The highest BCUT2D eigenvalue weighted by Gasteiger charge is 2.22.